The second-order valence-electron chi connectivity index (χ2n) is 5.03. The molecule has 0 heterocycles. The van der Waals surface area contributed by atoms with Crippen LogP contribution in [0.4, 0.5) is 0 Å². The SMILES string of the molecule is COc1ccc(CNCC2CC(N)C2)cc1C. The minimum absolute atomic E-state index is 0.449. The minimum atomic E-state index is 0.449. The van der Waals surface area contributed by atoms with Gasteiger partial charge in [0.25, 0.3) is 0 Å². The van der Waals surface area contributed by atoms with Crippen molar-refractivity contribution >= 4 is 0 Å². The van der Waals surface area contributed by atoms with E-state index >= 15 is 0 Å². The van der Waals surface area contributed by atoms with Gasteiger partial charge in [0.2, 0.25) is 0 Å². The second kappa shape index (κ2) is 5.52. The van der Waals surface area contributed by atoms with Crippen molar-refractivity contribution in [1.29, 1.82) is 0 Å². The van der Waals surface area contributed by atoms with Crippen LogP contribution in [0, 0.1) is 12.8 Å². The molecule has 1 aromatic rings. The van der Waals surface area contributed by atoms with Crippen molar-refractivity contribution in [2.75, 3.05) is 13.7 Å². The normalized spacial score (nSPS) is 23.2. The van der Waals surface area contributed by atoms with Gasteiger partial charge in [-0.2, -0.15) is 0 Å². The van der Waals surface area contributed by atoms with Gasteiger partial charge < -0.3 is 15.8 Å². The molecule has 3 heteroatoms. The molecular weight excluding hydrogens is 212 g/mol. The summed E-state index contributed by atoms with van der Waals surface area (Å²) in [5.41, 5.74) is 8.27. The van der Waals surface area contributed by atoms with Crippen LogP contribution in [0.3, 0.4) is 0 Å². The van der Waals surface area contributed by atoms with E-state index in [4.69, 9.17) is 10.5 Å². The molecule has 3 nitrogen and oxygen atoms in total. The van der Waals surface area contributed by atoms with E-state index in [1.807, 2.05) is 6.07 Å². The summed E-state index contributed by atoms with van der Waals surface area (Å²) in [5, 5.41) is 3.49. The second-order valence-corrected chi connectivity index (χ2v) is 5.03. The van der Waals surface area contributed by atoms with E-state index in [0.29, 0.717) is 6.04 Å². The van der Waals surface area contributed by atoms with Crippen molar-refractivity contribution in [3.05, 3.63) is 29.3 Å². The number of ether oxygens (including phenoxy) is 1. The summed E-state index contributed by atoms with van der Waals surface area (Å²) in [6.45, 7) is 4.09. The molecule has 1 aromatic carbocycles. The average Bonchev–Trinajstić information content (AvgIpc) is 2.27. The molecule has 0 radical (unpaired) electrons. The van der Waals surface area contributed by atoms with Gasteiger partial charge >= 0.3 is 0 Å². The number of benzene rings is 1. The molecule has 17 heavy (non-hydrogen) atoms. The Morgan fingerprint density at radius 3 is 2.76 bits per heavy atom. The molecule has 0 unspecified atom stereocenters. The largest absolute Gasteiger partial charge is 0.496 e. The number of rotatable bonds is 5. The van der Waals surface area contributed by atoms with E-state index in [-0.39, 0.29) is 0 Å². The van der Waals surface area contributed by atoms with Crippen molar-refractivity contribution in [2.45, 2.75) is 32.4 Å². The third kappa shape index (κ3) is 3.20. The van der Waals surface area contributed by atoms with E-state index in [1.54, 1.807) is 7.11 Å². The van der Waals surface area contributed by atoms with Crippen LogP contribution >= 0.6 is 0 Å². The van der Waals surface area contributed by atoms with Crippen LogP contribution in [-0.2, 0) is 6.54 Å². The van der Waals surface area contributed by atoms with Gasteiger partial charge in [-0.3, -0.25) is 0 Å². The molecule has 2 rings (SSSR count). The van der Waals surface area contributed by atoms with Crippen molar-refractivity contribution in [2.24, 2.45) is 11.7 Å². The molecule has 1 saturated carbocycles. The third-order valence-electron chi connectivity index (χ3n) is 3.49. The average molecular weight is 234 g/mol. The zero-order chi connectivity index (χ0) is 12.3. The van der Waals surface area contributed by atoms with Crippen molar-refractivity contribution in [1.82, 2.24) is 5.32 Å². The van der Waals surface area contributed by atoms with Gasteiger partial charge in [-0.15, -0.1) is 0 Å². The summed E-state index contributed by atoms with van der Waals surface area (Å²) in [7, 11) is 1.71. The van der Waals surface area contributed by atoms with Crippen molar-refractivity contribution in [3.63, 3.8) is 0 Å². The van der Waals surface area contributed by atoms with Crippen molar-refractivity contribution < 1.29 is 4.74 Å². The fourth-order valence-electron chi connectivity index (χ4n) is 2.43. The number of hydrogen-bond donors (Lipinski definition) is 2. The molecular formula is C14H22N2O. The molecule has 3 N–H and O–H groups in total. The fraction of sp³-hybridized carbons (Fsp3) is 0.571. The summed E-state index contributed by atoms with van der Waals surface area (Å²) >= 11 is 0. The maximum Gasteiger partial charge on any atom is 0.121 e. The van der Waals surface area contributed by atoms with Gasteiger partial charge in [-0.05, 0) is 49.4 Å². The van der Waals surface area contributed by atoms with E-state index in [0.717, 1.165) is 24.8 Å². The smallest absolute Gasteiger partial charge is 0.121 e. The monoisotopic (exact) mass is 234 g/mol. The first-order valence-corrected chi connectivity index (χ1v) is 6.29. The highest BCUT2D eigenvalue weighted by molar-refractivity contribution is 5.36. The number of aryl methyl sites for hydroxylation is 1. The highest BCUT2D eigenvalue weighted by Crippen LogP contribution is 2.24. The van der Waals surface area contributed by atoms with Crippen LogP contribution < -0.4 is 15.8 Å². The molecule has 0 bridgehead atoms. The Morgan fingerprint density at radius 2 is 2.18 bits per heavy atom. The first-order valence-electron chi connectivity index (χ1n) is 6.29. The number of nitrogens with one attached hydrogen (secondary N) is 1. The van der Waals surface area contributed by atoms with E-state index in [9.17, 15) is 0 Å². The molecule has 1 fully saturated rings. The fourth-order valence-corrected chi connectivity index (χ4v) is 2.43. The molecule has 0 spiro atoms. The quantitative estimate of drug-likeness (QED) is 0.817. The predicted molar refractivity (Wildman–Crippen MR) is 70.1 cm³/mol. The minimum Gasteiger partial charge on any atom is -0.496 e. The highest BCUT2D eigenvalue weighted by Gasteiger charge is 2.24. The summed E-state index contributed by atoms with van der Waals surface area (Å²) in [4.78, 5) is 0. The highest BCUT2D eigenvalue weighted by atomic mass is 16.5. The third-order valence-corrected chi connectivity index (χ3v) is 3.49. The maximum absolute atomic E-state index is 5.76. The molecule has 0 atom stereocenters. The lowest BCUT2D eigenvalue weighted by atomic mass is 9.81. The van der Waals surface area contributed by atoms with E-state index in [1.165, 1.54) is 24.0 Å². The van der Waals surface area contributed by atoms with Gasteiger partial charge in [-0.25, -0.2) is 0 Å². The van der Waals surface area contributed by atoms with E-state index in [2.05, 4.69) is 24.4 Å². The van der Waals surface area contributed by atoms with Crippen LogP contribution in [-0.4, -0.2) is 19.7 Å². The predicted octanol–water partition coefficient (Wildman–Crippen LogP) is 1.83. The Bertz CT molecular complexity index is 372. The van der Waals surface area contributed by atoms with Crippen LogP contribution in [0.2, 0.25) is 0 Å². The molecule has 94 valence electrons. The summed E-state index contributed by atoms with van der Waals surface area (Å²) < 4.78 is 5.25. The van der Waals surface area contributed by atoms with Crippen LogP contribution in [0.1, 0.15) is 24.0 Å². The number of nitrogens with two attached hydrogens (primary N) is 1. The van der Waals surface area contributed by atoms with Gasteiger partial charge in [-0.1, -0.05) is 12.1 Å². The lowest BCUT2D eigenvalue weighted by Gasteiger charge is -2.32. The van der Waals surface area contributed by atoms with Gasteiger partial charge in [0.15, 0.2) is 0 Å². The van der Waals surface area contributed by atoms with Gasteiger partial charge in [0, 0.05) is 12.6 Å². The van der Waals surface area contributed by atoms with Crippen molar-refractivity contribution in [3.8, 4) is 5.75 Å². The number of hydrogen-bond acceptors (Lipinski definition) is 3. The standard InChI is InChI=1S/C14H22N2O/c1-10-5-11(3-4-14(10)17-2)8-16-9-12-6-13(15)7-12/h3-5,12-13,16H,6-9,15H2,1-2H3. The molecule has 0 saturated heterocycles. The molecule has 0 aromatic heterocycles. The first-order chi connectivity index (χ1) is 8.19. The molecule has 0 amide bonds. The Labute approximate surface area is 103 Å². The molecule has 1 aliphatic rings. The van der Waals surface area contributed by atoms with E-state index < -0.39 is 0 Å². The summed E-state index contributed by atoms with van der Waals surface area (Å²) in [6, 6.07) is 6.78. The first kappa shape index (κ1) is 12.4. The summed E-state index contributed by atoms with van der Waals surface area (Å²) in [5.74, 6) is 1.74. The Balaban J connectivity index is 1.77. The zero-order valence-electron chi connectivity index (χ0n) is 10.7. The Hall–Kier alpha value is -1.06. The van der Waals surface area contributed by atoms with Crippen LogP contribution in [0.25, 0.3) is 0 Å². The zero-order valence-corrected chi connectivity index (χ0v) is 10.7. The molecule has 1 aliphatic carbocycles. The Morgan fingerprint density at radius 1 is 1.41 bits per heavy atom. The van der Waals surface area contributed by atoms with Gasteiger partial charge in [0.05, 0.1) is 7.11 Å². The maximum atomic E-state index is 5.76. The lowest BCUT2D eigenvalue weighted by Crippen LogP contribution is -2.41. The number of methoxy groups -OCH3 is 1. The topological polar surface area (TPSA) is 47.3 Å². The van der Waals surface area contributed by atoms with Crippen LogP contribution in [0.5, 0.6) is 5.75 Å². The Kier molecular flexibility index (Phi) is 4.02. The van der Waals surface area contributed by atoms with Crippen LogP contribution in [0.15, 0.2) is 18.2 Å². The summed E-state index contributed by atoms with van der Waals surface area (Å²) in [6.07, 6.45) is 2.35. The lowest BCUT2D eigenvalue weighted by molar-refractivity contribution is 0.256. The van der Waals surface area contributed by atoms with Gasteiger partial charge in [0.1, 0.15) is 5.75 Å². The molecule has 0 aliphatic heterocycles.